The van der Waals surface area contributed by atoms with Gasteiger partial charge in [0, 0.05) is 29.4 Å². The van der Waals surface area contributed by atoms with Crippen molar-refractivity contribution in [1.82, 2.24) is 4.90 Å². The number of aliphatic hydroxyl groups excluding tert-OH is 1. The van der Waals surface area contributed by atoms with E-state index in [-0.39, 0.29) is 26.0 Å². The van der Waals surface area contributed by atoms with Crippen molar-refractivity contribution in [3.63, 3.8) is 0 Å². The molecule has 1 amide bonds. The molecule has 0 saturated carbocycles. The molecule has 2 aliphatic rings. The summed E-state index contributed by atoms with van der Waals surface area (Å²) in [5.41, 5.74) is -0.109. The largest absolute Gasteiger partial charge is 0.471 e. The van der Waals surface area contributed by atoms with Gasteiger partial charge in [-0.3, -0.25) is 4.79 Å². The van der Waals surface area contributed by atoms with Crippen LogP contribution in [0.1, 0.15) is 36.3 Å². The van der Waals surface area contributed by atoms with Gasteiger partial charge in [0.2, 0.25) is 0 Å². The van der Waals surface area contributed by atoms with Crippen LogP contribution in [-0.2, 0) is 15.1 Å². The molecule has 0 radical (unpaired) electrons. The topological polar surface area (TPSA) is 49.8 Å². The Labute approximate surface area is 139 Å². The van der Waals surface area contributed by atoms with E-state index in [1.807, 2.05) is 0 Å². The first-order valence-electron chi connectivity index (χ1n) is 7.13. The number of aliphatic hydroxyl groups is 1. The van der Waals surface area contributed by atoms with E-state index in [1.54, 1.807) is 13.0 Å². The number of halogens is 4. The normalized spacial score (nSPS) is 31.3. The Morgan fingerprint density at radius 1 is 1.57 bits per heavy atom. The van der Waals surface area contributed by atoms with Crippen LogP contribution in [0.25, 0.3) is 0 Å². The molecule has 1 fully saturated rings. The molecular formula is C14H15ClF3NO3S. The molecule has 0 aliphatic carbocycles. The van der Waals surface area contributed by atoms with Crippen molar-refractivity contribution in [2.75, 3.05) is 13.2 Å². The van der Waals surface area contributed by atoms with Gasteiger partial charge in [-0.1, -0.05) is 11.6 Å². The van der Waals surface area contributed by atoms with Crippen molar-refractivity contribution in [2.45, 2.75) is 43.7 Å². The Kier molecular flexibility index (Phi) is 4.15. The molecular weight excluding hydrogens is 355 g/mol. The van der Waals surface area contributed by atoms with E-state index in [9.17, 15) is 23.1 Å². The third-order valence-electron chi connectivity index (χ3n) is 4.44. The van der Waals surface area contributed by atoms with Gasteiger partial charge in [-0.15, -0.1) is 11.3 Å². The lowest BCUT2D eigenvalue weighted by Gasteiger charge is -2.47. The molecule has 3 rings (SSSR count). The van der Waals surface area contributed by atoms with Crippen LogP contribution in [0.2, 0.25) is 4.34 Å². The molecule has 1 aromatic heterocycles. The fraction of sp³-hybridized carbons (Fsp3) is 0.643. The molecule has 4 nitrogen and oxygen atoms in total. The molecule has 3 atom stereocenters. The monoisotopic (exact) mass is 369 g/mol. The number of fused-ring (bicyclic) bond motifs is 2. The van der Waals surface area contributed by atoms with Crippen LogP contribution in [-0.4, -0.2) is 41.3 Å². The lowest BCUT2D eigenvalue weighted by molar-refractivity contribution is -0.196. The van der Waals surface area contributed by atoms with E-state index in [1.165, 1.54) is 11.3 Å². The van der Waals surface area contributed by atoms with Gasteiger partial charge in [-0.25, -0.2) is 0 Å². The molecule has 1 aromatic rings. The number of alkyl halides is 3. The second-order valence-electron chi connectivity index (χ2n) is 5.96. The third kappa shape index (κ3) is 2.86. The Hall–Kier alpha value is -0.830. The number of likely N-dealkylation sites (tertiary alicyclic amines) is 1. The Morgan fingerprint density at radius 2 is 2.26 bits per heavy atom. The molecule has 23 heavy (non-hydrogen) atoms. The summed E-state index contributed by atoms with van der Waals surface area (Å²) in [6, 6.07) is 1.05. The van der Waals surface area contributed by atoms with E-state index in [0.717, 1.165) is 9.78 Å². The Bertz CT molecular complexity index is 635. The SMILES string of the molecule is C[C@H]1C[C@@]2(CCN1C(=O)C(F)(F)F)OC[C@H](O)c1cc(Cl)sc12. The summed E-state index contributed by atoms with van der Waals surface area (Å²) in [4.78, 5) is 13.1. The molecule has 9 heteroatoms. The van der Waals surface area contributed by atoms with Gasteiger partial charge >= 0.3 is 12.1 Å². The Balaban J connectivity index is 1.88. The first-order valence-corrected chi connectivity index (χ1v) is 8.33. The molecule has 128 valence electrons. The van der Waals surface area contributed by atoms with Gasteiger partial charge in [0.1, 0.15) is 11.7 Å². The fourth-order valence-electron chi connectivity index (χ4n) is 3.38. The van der Waals surface area contributed by atoms with Crippen LogP contribution in [0.3, 0.4) is 0 Å². The lowest BCUT2D eigenvalue weighted by Crippen LogP contribution is -2.55. The first kappa shape index (κ1) is 17.0. The maximum atomic E-state index is 12.7. The second-order valence-corrected chi connectivity index (χ2v) is 7.64. The van der Waals surface area contributed by atoms with Crippen LogP contribution >= 0.6 is 22.9 Å². The summed E-state index contributed by atoms with van der Waals surface area (Å²) >= 11 is 7.30. The first-order chi connectivity index (χ1) is 10.6. The van der Waals surface area contributed by atoms with E-state index in [0.29, 0.717) is 9.90 Å². The second kappa shape index (κ2) is 5.61. The summed E-state index contributed by atoms with van der Waals surface area (Å²) in [6.07, 6.45) is -5.18. The van der Waals surface area contributed by atoms with Crippen molar-refractivity contribution in [3.05, 3.63) is 20.8 Å². The number of thiophene rings is 1. The van der Waals surface area contributed by atoms with Crippen LogP contribution in [0.4, 0.5) is 13.2 Å². The minimum absolute atomic E-state index is 0.0510. The predicted octanol–water partition coefficient (Wildman–Crippen LogP) is 3.23. The zero-order valence-electron chi connectivity index (χ0n) is 12.2. The highest BCUT2D eigenvalue weighted by atomic mass is 35.5. The van der Waals surface area contributed by atoms with Gasteiger partial charge in [-0.05, 0) is 19.4 Å². The minimum Gasteiger partial charge on any atom is -0.386 e. The minimum atomic E-state index is -4.88. The number of hydrogen-bond acceptors (Lipinski definition) is 4. The van der Waals surface area contributed by atoms with Gasteiger partial charge < -0.3 is 14.7 Å². The molecule has 0 bridgehead atoms. The summed E-state index contributed by atoms with van der Waals surface area (Å²) in [7, 11) is 0. The molecule has 2 aliphatic heterocycles. The van der Waals surface area contributed by atoms with Crippen molar-refractivity contribution in [1.29, 1.82) is 0 Å². The van der Waals surface area contributed by atoms with Gasteiger partial charge in [0.15, 0.2) is 0 Å². The molecule has 1 saturated heterocycles. The van der Waals surface area contributed by atoms with E-state index < -0.39 is 29.8 Å². The number of amides is 1. The number of carbonyl (C=O) groups excluding carboxylic acids is 1. The number of hydrogen-bond donors (Lipinski definition) is 1. The Morgan fingerprint density at radius 3 is 2.87 bits per heavy atom. The quantitative estimate of drug-likeness (QED) is 0.763. The molecule has 1 spiro atoms. The summed E-state index contributed by atoms with van der Waals surface area (Å²) in [6.45, 7) is 1.60. The third-order valence-corrected chi connectivity index (χ3v) is 5.90. The van der Waals surface area contributed by atoms with Crippen LogP contribution in [0, 0.1) is 0 Å². The van der Waals surface area contributed by atoms with Gasteiger partial charge in [0.25, 0.3) is 0 Å². The standard InChI is InChI=1S/C14H15ClF3NO3S/c1-7-5-13(2-3-19(7)12(21)14(16,17)18)11-8(4-10(15)23-11)9(20)6-22-13/h4,7,9,20H,2-3,5-6H2,1H3/t7-,9-,13+/m0/s1. The highest BCUT2D eigenvalue weighted by molar-refractivity contribution is 7.16. The average Bonchev–Trinajstić information content (AvgIpc) is 2.85. The van der Waals surface area contributed by atoms with Gasteiger partial charge in [0.05, 0.1) is 10.9 Å². The van der Waals surface area contributed by atoms with E-state index in [4.69, 9.17) is 16.3 Å². The molecule has 1 N–H and O–H groups in total. The van der Waals surface area contributed by atoms with Crippen LogP contribution in [0.5, 0.6) is 0 Å². The van der Waals surface area contributed by atoms with Crippen molar-refractivity contribution >= 4 is 28.8 Å². The van der Waals surface area contributed by atoms with E-state index >= 15 is 0 Å². The molecule has 3 heterocycles. The number of piperidine rings is 1. The molecule has 0 unspecified atom stereocenters. The number of carbonyl (C=O) groups is 1. The summed E-state index contributed by atoms with van der Waals surface area (Å²) in [5.74, 6) is -1.82. The van der Waals surface area contributed by atoms with Crippen LogP contribution in [0.15, 0.2) is 6.07 Å². The van der Waals surface area contributed by atoms with Crippen molar-refractivity contribution in [2.24, 2.45) is 0 Å². The fourth-order valence-corrected chi connectivity index (χ4v) is 4.86. The van der Waals surface area contributed by atoms with Crippen molar-refractivity contribution in [3.8, 4) is 0 Å². The summed E-state index contributed by atoms with van der Waals surface area (Å²) in [5, 5.41) is 10.0. The van der Waals surface area contributed by atoms with Gasteiger partial charge in [-0.2, -0.15) is 13.2 Å². The number of nitrogens with zero attached hydrogens (tertiary/aromatic N) is 1. The number of ether oxygens (including phenoxy) is 1. The lowest BCUT2D eigenvalue weighted by atomic mass is 9.81. The predicted molar refractivity (Wildman–Crippen MR) is 78.4 cm³/mol. The number of rotatable bonds is 0. The van der Waals surface area contributed by atoms with E-state index in [2.05, 4.69) is 0 Å². The highest BCUT2D eigenvalue weighted by Crippen LogP contribution is 2.50. The maximum absolute atomic E-state index is 12.7. The maximum Gasteiger partial charge on any atom is 0.471 e. The average molecular weight is 370 g/mol. The van der Waals surface area contributed by atoms with Crippen LogP contribution < -0.4 is 0 Å². The molecule has 0 aromatic carbocycles. The zero-order valence-corrected chi connectivity index (χ0v) is 13.8. The highest BCUT2D eigenvalue weighted by Gasteiger charge is 2.51. The van der Waals surface area contributed by atoms with Crippen molar-refractivity contribution < 1.29 is 27.8 Å². The zero-order chi connectivity index (χ0) is 17.0. The summed E-state index contributed by atoms with van der Waals surface area (Å²) < 4.78 is 44.3. The smallest absolute Gasteiger partial charge is 0.386 e.